The van der Waals surface area contributed by atoms with Crippen molar-refractivity contribution in [1.29, 1.82) is 0 Å². The molecule has 0 aromatic heterocycles. The fourth-order valence-electron chi connectivity index (χ4n) is 3.66. The zero-order chi connectivity index (χ0) is 19.0. The Morgan fingerprint density at radius 2 is 1.96 bits per heavy atom. The van der Waals surface area contributed by atoms with Crippen molar-refractivity contribution in [3.05, 3.63) is 53.1 Å². The number of methoxy groups -OCH3 is 1. The summed E-state index contributed by atoms with van der Waals surface area (Å²) in [6.07, 6.45) is 0.678. The highest BCUT2D eigenvalue weighted by Gasteiger charge is 2.34. The van der Waals surface area contributed by atoms with E-state index in [4.69, 9.17) is 14.2 Å². The molecular weight excluding hydrogens is 344 g/mol. The van der Waals surface area contributed by atoms with Crippen molar-refractivity contribution in [2.75, 3.05) is 12.4 Å². The van der Waals surface area contributed by atoms with Gasteiger partial charge in [-0.3, -0.25) is 0 Å². The maximum absolute atomic E-state index is 12.6. The molecule has 6 nitrogen and oxygen atoms in total. The fraction of sp³-hybridized carbons (Fsp3) is 0.381. The second kappa shape index (κ2) is 6.78. The molecule has 2 aromatic rings. The van der Waals surface area contributed by atoms with Gasteiger partial charge in [-0.1, -0.05) is 6.07 Å². The first-order valence-electron chi connectivity index (χ1n) is 9.07. The van der Waals surface area contributed by atoms with E-state index in [1.165, 1.54) is 5.56 Å². The monoisotopic (exact) mass is 368 g/mol. The number of hydrogen-bond donors (Lipinski definition) is 2. The molecule has 0 radical (unpaired) electrons. The lowest BCUT2D eigenvalue weighted by Crippen LogP contribution is -2.42. The van der Waals surface area contributed by atoms with Gasteiger partial charge in [-0.25, -0.2) is 4.79 Å². The van der Waals surface area contributed by atoms with E-state index < -0.39 is 0 Å². The molecular formula is C21H24N2O4. The van der Waals surface area contributed by atoms with Gasteiger partial charge < -0.3 is 24.8 Å². The third-order valence-electron chi connectivity index (χ3n) is 4.96. The number of amides is 2. The highest BCUT2D eigenvalue weighted by Crippen LogP contribution is 2.41. The SMILES string of the molecule is COc1ccc2c(c1)OC(C)(C)C[C@H]2NC(=O)Nc1ccc2c(c1)COC2. The number of nitrogens with one attached hydrogen (secondary N) is 2. The van der Waals surface area contributed by atoms with Crippen LogP contribution in [-0.4, -0.2) is 18.7 Å². The van der Waals surface area contributed by atoms with Gasteiger partial charge in [-0.05, 0) is 49.2 Å². The van der Waals surface area contributed by atoms with Gasteiger partial charge in [-0.2, -0.15) is 0 Å². The Morgan fingerprint density at radius 3 is 2.78 bits per heavy atom. The predicted octanol–water partition coefficient (Wildman–Crippen LogP) is 4.15. The van der Waals surface area contributed by atoms with E-state index in [0.29, 0.717) is 19.6 Å². The van der Waals surface area contributed by atoms with Gasteiger partial charge >= 0.3 is 6.03 Å². The normalized spacial score (nSPS) is 19.4. The molecule has 0 bridgehead atoms. The molecule has 2 aliphatic rings. The van der Waals surface area contributed by atoms with Crippen LogP contribution in [0.2, 0.25) is 0 Å². The molecule has 4 rings (SSSR count). The topological polar surface area (TPSA) is 68.8 Å². The van der Waals surface area contributed by atoms with Crippen molar-refractivity contribution in [3.63, 3.8) is 0 Å². The predicted molar refractivity (Wildman–Crippen MR) is 102 cm³/mol. The first kappa shape index (κ1) is 17.7. The van der Waals surface area contributed by atoms with Crippen LogP contribution in [0.5, 0.6) is 11.5 Å². The van der Waals surface area contributed by atoms with Crippen LogP contribution in [0.25, 0.3) is 0 Å². The van der Waals surface area contributed by atoms with Crippen molar-refractivity contribution in [2.45, 2.75) is 45.1 Å². The molecule has 2 heterocycles. The van der Waals surface area contributed by atoms with Crippen LogP contribution in [0, 0.1) is 0 Å². The van der Waals surface area contributed by atoms with E-state index in [0.717, 1.165) is 28.3 Å². The summed E-state index contributed by atoms with van der Waals surface area (Å²) in [6, 6.07) is 11.2. The van der Waals surface area contributed by atoms with Crippen LogP contribution in [0.15, 0.2) is 36.4 Å². The number of fused-ring (bicyclic) bond motifs is 2. The summed E-state index contributed by atoms with van der Waals surface area (Å²) in [5, 5.41) is 6.01. The van der Waals surface area contributed by atoms with Crippen molar-refractivity contribution < 1.29 is 19.0 Å². The molecule has 0 spiro atoms. The van der Waals surface area contributed by atoms with Crippen molar-refractivity contribution in [2.24, 2.45) is 0 Å². The quantitative estimate of drug-likeness (QED) is 0.854. The molecule has 2 amide bonds. The van der Waals surface area contributed by atoms with Gasteiger partial charge in [0, 0.05) is 23.7 Å². The Kier molecular flexibility index (Phi) is 4.44. The van der Waals surface area contributed by atoms with E-state index >= 15 is 0 Å². The average Bonchev–Trinajstić information content (AvgIpc) is 3.07. The molecule has 27 heavy (non-hydrogen) atoms. The zero-order valence-corrected chi connectivity index (χ0v) is 15.8. The molecule has 0 saturated carbocycles. The first-order chi connectivity index (χ1) is 12.9. The van der Waals surface area contributed by atoms with Gasteiger partial charge in [-0.15, -0.1) is 0 Å². The summed E-state index contributed by atoms with van der Waals surface area (Å²) in [4.78, 5) is 12.6. The summed E-state index contributed by atoms with van der Waals surface area (Å²) in [7, 11) is 1.63. The minimum atomic E-state index is -0.387. The summed E-state index contributed by atoms with van der Waals surface area (Å²) in [6.45, 7) is 5.26. The van der Waals surface area contributed by atoms with E-state index in [2.05, 4.69) is 10.6 Å². The van der Waals surface area contributed by atoms with Crippen LogP contribution in [0.4, 0.5) is 10.5 Å². The standard InChI is InChI=1S/C21H24N2O4/c1-21(2)10-18(17-7-6-16(25-3)9-19(17)27-21)23-20(24)22-15-5-4-13-11-26-12-14(13)8-15/h4-9,18H,10-12H2,1-3H3,(H2,22,23,24)/t18-/m1/s1. The Balaban J connectivity index is 1.51. The molecule has 2 aromatic carbocycles. The number of anilines is 1. The number of urea groups is 1. The van der Waals surface area contributed by atoms with Crippen LogP contribution in [-0.2, 0) is 18.0 Å². The lowest BCUT2D eigenvalue weighted by atomic mass is 9.89. The van der Waals surface area contributed by atoms with Crippen LogP contribution in [0.1, 0.15) is 43.0 Å². The van der Waals surface area contributed by atoms with E-state index in [-0.39, 0.29) is 17.7 Å². The maximum Gasteiger partial charge on any atom is 0.319 e. The highest BCUT2D eigenvalue weighted by molar-refractivity contribution is 5.89. The zero-order valence-electron chi connectivity index (χ0n) is 15.8. The van der Waals surface area contributed by atoms with Crippen LogP contribution >= 0.6 is 0 Å². The van der Waals surface area contributed by atoms with Gasteiger partial charge in [0.2, 0.25) is 0 Å². The van der Waals surface area contributed by atoms with E-state index in [1.54, 1.807) is 7.11 Å². The number of ether oxygens (including phenoxy) is 3. The van der Waals surface area contributed by atoms with Crippen LogP contribution in [0.3, 0.4) is 0 Å². The molecule has 0 saturated heterocycles. The molecule has 142 valence electrons. The third-order valence-corrected chi connectivity index (χ3v) is 4.96. The Bertz CT molecular complexity index is 878. The maximum atomic E-state index is 12.6. The smallest absolute Gasteiger partial charge is 0.319 e. The number of rotatable bonds is 3. The summed E-state index contributed by atoms with van der Waals surface area (Å²) in [5.41, 5.74) is 3.63. The average molecular weight is 368 g/mol. The summed E-state index contributed by atoms with van der Waals surface area (Å²) >= 11 is 0. The van der Waals surface area contributed by atoms with Gasteiger partial charge in [0.25, 0.3) is 0 Å². The minimum Gasteiger partial charge on any atom is -0.497 e. The number of hydrogen-bond acceptors (Lipinski definition) is 4. The van der Waals surface area contributed by atoms with Gasteiger partial charge in [0.05, 0.1) is 26.4 Å². The molecule has 0 fully saturated rings. The van der Waals surface area contributed by atoms with Crippen LogP contribution < -0.4 is 20.1 Å². The van der Waals surface area contributed by atoms with Gasteiger partial charge in [0.1, 0.15) is 17.1 Å². The van der Waals surface area contributed by atoms with Crippen molar-refractivity contribution in [3.8, 4) is 11.5 Å². The lowest BCUT2D eigenvalue weighted by molar-refractivity contribution is 0.0679. The summed E-state index contributed by atoms with van der Waals surface area (Å²) in [5.74, 6) is 1.47. The molecule has 0 aliphatic carbocycles. The number of carbonyl (C=O) groups is 1. The summed E-state index contributed by atoms with van der Waals surface area (Å²) < 4.78 is 16.8. The Hall–Kier alpha value is -2.73. The van der Waals surface area contributed by atoms with E-state index in [9.17, 15) is 4.79 Å². The number of benzene rings is 2. The van der Waals surface area contributed by atoms with Crippen molar-refractivity contribution in [1.82, 2.24) is 5.32 Å². The Morgan fingerprint density at radius 1 is 1.15 bits per heavy atom. The second-order valence-corrected chi connectivity index (χ2v) is 7.60. The van der Waals surface area contributed by atoms with Crippen molar-refractivity contribution >= 4 is 11.7 Å². The minimum absolute atomic E-state index is 0.146. The molecule has 0 unspecified atom stereocenters. The lowest BCUT2D eigenvalue weighted by Gasteiger charge is -2.38. The molecule has 6 heteroatoms. The van der Waals surface area contributed by atoms with E-state index in [1.807, 2.05) is 50.2 Å². The highest BCUT2D eigenvalue weighted by atomic mass is 16.5. The molecule has 2 aliphatic heterocycles. The first-order valence-corrected chi connectivity index (χ1v) is 9.07. The number of carbonyl (C=O) groups excluding carboxylic acids is 1. The second-order valence-electron chi connectivity index (χ2n) is 7.60. The largest absolute Gasteiger partial charge is 0.497 e. The molecule has 1 atom stereocenters. The Labute approximate surface area is 158 Å². The van der Waals surface area contributed by atoms with Gasteiger partial charge in [0.15, 0.2) is 0 Å². The fourth-order valence-corrected chi connectivity index (χ4v) is 3.66. The third kappa shape index (κ3) is 3.71. The molecule has 2 N–H and O–H groups in total.